The fraction of sp³-hybridized carbons (Fsp3) is 0.400. The van der Waals surface area contributed by atoms with Crippen LogP contribution in [0.15, 0.2) is 30.3 Å². The average molecular weight is 362 g/mol. The van der Waals surface area contributed by atoms with Crippen LogP contribution in [0.1, 0.15) is 11.1 Å². The number of carbonyl (C=O) groups excluding carboxylic acids is 1. The number of alkyl halides is 3. The fourth-order valence-corrected chi connectivity index (χ4v) is 3.12. The van der Waals surface area contributed by atoms with E-state index in [1.165, 1.54) is 33.5 Å². The van der Waals surface area contributed by atoms with E-state index in [9.17, 15) is 26.4 Å². The van der Waals surface area contributed by atoms with Crippen molar-refractivity contribution in [3.8, 4) is 0 Å². The zero-order valence-electron chi connectivity index (χ0n) is 13.0. The minimum atomic E-state index is -4.39. The van der Waals surface area contributed by atoms with E-state index in [2.05, 4.69) is 0 Å². The number of rotatable bonds is 3. The average Bonchev–Trinajstić information content (AvgIpc) is 2.51. The molecule has 1 aliphatic rings. The van der Waals surface area contributed by atoms with Crippen molar-refractivity contribution in [3.63, 3.8) is 0 Å². The van der Waals surface area contributed by atoms with Crippen LogP contribution >= 0.6 is 0 Å². The van der Waals surface area contributed by atoms with Gasteiger partial charge >= 0.3 is 6.18 Å². The Hall–Kier alpha value is -1.87. The Morgan fingerprint density at radius 3 is 2.08 bits per heavy atom. The summed E-state index contributed by atoms with van der Waals surface area (Å²) >= 11 is 0. The van der Waals surface area contributed by atoms with E-state index in [-0.39, 0.29) is 32.1 Å². The topological polar surface area (TPSA) is 57.7 Å². The largest absolute Gasteiger partial charge is 0.416 e. The quantitative estimate of drug-likeness (QED) is 0.771. The zero-order chi connectivity index (χ0) is 18.0. The van der Waals surface area contributed by atoms with E-state index in [4.69, 9.17) is 0 Å². The molecule has 5 nitrogen and oxygen atoms in total. The van der Waals surface area contributed by atoms with Gasteiger partial charge in [0.1, 0.15) is 0 Å². The predicted octanol–water partition coefficient (Wildman–Crippen LogP) is 1.82. The van der Waals surface area contributed by atoms with Gasteiger partial charge in [0.15, 0.2) is 0 Å². The molecule has 1 aliphatic heterocycles. The first-order valence-electron chi connectivity index (χ1n) is 7.17. The summed E-state index contributed by atoms with van der Waals surface area (Å²) in [6, 6.07) is 4.48. The number of sulfonamides is 1. The molecule has 9 heteroatoms. The molecule has 0 N–H and O–H groups in total. The highest BCUT2D eigenvalue weighted by Crippen LogP contribution is 2.29. The lowest BCUT2D eigenvalue weighted by Gasteiger charge is -2.32. The van der Waals surface area contributed by atoms with Gasteiger partial charge in [-0.05, 0) is 23.8 Å². The summed E-state index contributed by atoms with van der Waals surface area (Å²) in [6.07, 6.45) is -0.559. The molecule has 132 valence electrons. The molecule has 1 saturated heterocycles. The van der Waals surface area contributed by atoms with Gasteiger partial charge in [0.05, 0.1) is 11.8 Å². The van der Waals surface area contributed by atoms with Gasteiger partial charge in [0.2, 0.25) is 15.9 Å². The van der Waals surface area contributed by atoms with Crippen LogP contribution in [0.4, 0.5) is 13.2 Å². The Kier molecular flexibility index (Phi) is 5.34. The maximum Gasteiger partial charge on any atom is 0.416 e. The summed E-state index contributed by atoms with van der Waals surface area (Å²) in [5, 5.41) is 0. The second-order valence-electron chi connectivity index (χ2n) is 5.44. The second kappa shape index (κ2) is 6.94. The van der Waals surface area contributed by atoms with Crippen molar-refractivity contribution < 1.29 is 26.4 Å². The van der Waals surface area contributed by atoms with Crippen molar-refractivity contribution in [1.29, 1.82) is 0 Å². The molecule has 0 aromatic heterocycles. The number of carbonyl (C=O) groups is 1. The normalized spacial score (nSPS) is 17.4. The molecule has 0 spiro atoms. The van der Waals surface area contributed by atoms with E-state index in [1.54, 1.807) is 0 Å². The van der Waals surface area contributed by atoms with Crippen LogP contribution in [0.3, 0.4) is 0 Å². The van der Waals surface area contributed by atoms with E-state index < -0.39 is 21.8 Å². The highest BCUT2D eigenvalue weighted by atomic mass is 32.2. The molecule has 1 aromatic carbocycles. The third kappa shape index (κ3) is 4.81. The van der Waals surface area contributed by atoms with Gasteiger partial charge in [-0.1, -0.05) is 12.1 Å². The summed E-state index contributed by atoms with van der Waals surface area (Å²) in [5.41, 5.74) is -0.269. The lowest BCUT2D eigenvalue weighted by molar-refractivity contribution is -0.137. The number of halogens is 3. The Labute approximate surface area is 138 Å². The smallest absolute Gasteiger partial charge is 0.337 e. The Bertz CT molecular complexity index is 719. The van der Waals surface area contributed by atoms with Gasteiger partial charge in [0, 0.05) is 32.3 Å². The molecule has 0 radical (unpaired) electrons. The Balaban J connectivity index is 1.94. The van der Waals surface area contributed by atoms with Crippen molar-refractivity contribution in [3.05, 3.63) is 41.5 Å². The summed E-state index contributed by atoms with van der Waals surface area (Å²) < 4.78 is 61.5. The van der Waals surface area contributed by atoms with Crippen molar-refractivity contribution in [2.45, 2.75) is 6.18 Å². The van der Waals surface area contributed by atoms with E-state index in [0.717, 1.165) is 18.4 Å². The molecule has 0 bridgehead atoms. The molecule has 0 aliphatic carbocycles. The molecule has 1 amide bonds. The SMILES string of the molecule is CS(=O)(=O)N1CCN(C(=O)/C=C/c2ccc(C(F)(F)F)cc2)CC1. The number of hydrogen-bond donors (Lipinski definition) is 0. The molecule has 1 aromatic rings. The summed E-state index contributed by atoms with van der Waals surface area (Å²) in [6.45, 7) is 1.03. The van der Waals surface area contributed by atoms with Crippen LogP contribution in [0.2, 0.25) is 0 Å². The minimum Gasteiger partial charge on any atom is -0.337 e. The van der Waals surface area contributed by atoms with Crippen LogP contribution in [-0.2, 0) is 21.0 Å². The minimum absolute atomic E-state index is 0.235. The number of piperazine rings is 1. The lowest BCUT2D eigenvalue weighted by Crippen LogP contribution is -2.49. The molecule has 0 unspecified atom stereocenters. The lowest BCUT2D eigenvalue weighted by atomic mass is 10.1. The molecule has 2 rings (SSSR count). The Morgan fingerprint density at radius 1 is 1.08 bits per heavy atom. The maximum absolute atomic E-state index is 12.5. The van der Waals surface area contributed by atoms with E-state index in [1.807, 2.05) is 0 Å². The number of nitrogens with zero attached hydrogens (tertiary/aromatic N) is 2. The van der Waals surface area contributed by atoms with Crippen molar-refractivity contribution in [2.75, 3.05) is 32.4 Å². The number of hydrogen-bond acceptors (Lipinski definition) is 3. The van der Waals surface area contributed by atoms with Gasteiger partial charge in [-0.15, -0.1) is 0 Å². The second-order valence-corrected chi connectivity index (χ2v) is 7.42. The predicted molar refractivity (Wildman–Crippen MR) is 83.5 cm³/mol. The van der Waals surface area contributed by atoms with Crippen molar-refractivity contribution in [2.24, 2.45) is 0 Å². The molecule has 0 atom stereocenters. The number of benzene rings is 1. The zero-order valence-corrected chi connectivity index (χ0v) is 13.8. The maximum atomic E-state index is 12.5. The monoisotopic (exact) mass is 362 g/mol. The molecule has 1 fully saturated rings. The fourth-order valence-electron chi connectivity index (χ4n) is 2.30. The highest BCUT2D eigenvalue weighted by Gasteiger charge is 2.29. The van der Waals surface area contributed by atoms with Crippen LogP contribution in [0.5, 0.6) is 0 Å². The van der Waals surface area contributed by atoms with Crippen molar-refractivity contribution in [1.82, 2.24) is 9.21 Å². The van der Waals surface area contributed by atoms with Crippen LogP contribution in [-0.4, -0.2) is 56.0 Å². The van der Waals surface area contributed by atoms with E-state index in [0.29, 0.717) is 5.56 Å². The molecule has 24 heavy (non-hydrogen) atoms. The van der Waals surface area contributed by atoms with Gasteiger partial charge in [0.25, 0.3) is 0 Å². The molecule has 0 saturated carbocycles. The summed E-state index contributed by atoms with van der Waals surface area (Å²) in [5.74, 6) is -0.303. The highest BCUT2D eigenvalue weighted by molar-refractivity contribution is 7.88. The third-order valence-corrected chi connectivity index (χ3v) is 4.98. The molecule has 1 heterocycles. The first-order valence-corrected chi connectivity index (χ1v) is 9.01. The summed E-state index contributed by atoms with van der Waals surface area (Å²) in [7, 11) is -3.26. The van der Waals surface area contributed by atoms with Crippen LogP contribution < -0.4 is 0 Å². The third-order valence-electron chi connectivity index (χ3n) is 3.68. The van der Waals surface area contributed by atoms with Crippen molar-refractivity contribution >= 4 is 22.0 Å². The standard InChI is InChI=1S/C15H17F3N2O3S/c1-24(22,23)20-10-8-19(9-11-20)14(21)7-4-12-2-5-13(6-3-12)15(16,17)18/h2-7H,8-11H2,1H3/b7-4+. The Morgan fingerprint density at radius 2 is 1.62 bits per heavy atom. The first kappa shape index (κ1) is 18.5. The first-order chi connectivity index (χ1) is 11.1. The molecular formula is C15H17F3N2O3S. The van der Waals surface area contributed by atoms with E-state index >= 15 is 0 Å². The molecular weight excluding hydrogens is 345 g/mol. The van der Waals surface area contributed by atoms with Gasteiger partial charge in [-0.2, -0.15) is 17.5 Å². The van der Waals surface area contributed by atoms with Crippen LogP contribution in [0, 0.1) is 0 Å². The van der Waals surface area contributed by atoms with Gasteiger partial charge < -0.3 is 4.90 Å². The van der Waals surface area contributed by atoms with Gasteiger partial charge in [-0.25, -0.2) is 8.42 Å². The van der Waals surface area contributed by atoms with Crippen LogP contribution in [0.25, 0.3) is 6.08 Å². The van der Waals surface area contributed by atoms with Gasteiger partial charge in [-0.3, -0.25) is 4.79 Å². The number of amides is 1. The summed E-state index contributed by atoms with van der Waals surface area (Å²) in [4.78, 5) is 13.5.